The Morgan fingerprint density at radius 3 is 2.38 bits per heavy atom. The molecule has 3 heteroatoms. The minimum Gasteiger partial charge on any atom is -0.508 e. The molecule has 0 fully saturated rings. The van der Waals surface area contributed by atoms with Crippen LogP contribution in [-0.4, -0.2) is 5.11 Å². The van der Waals surface area contributed by atoms with Crippen molar-refractivity contribution in [2.45, 2.75) is 25.7 Å². The molecule has 3 aromatic rings. The van der Waals surface area contributed by atoms with Crippen LogP contribution in [0.25, 0.3) is 22.3 Å². The molecule has 26 heavy (non-hydrogen) atoms. The summed E-state index contributed by atoms with van der Waals surface area (Å²) in [7, 11) is 0. The first-order valence-corrected chi connectivity index (χ1v) is 8.97. The topological polar surface area (TPSA) is 70.0 Å². The fraction of sp³-hybridized carbons (Fsp3) is 0.174. The van der Waals surface area contributed by atoms with E-state index in [-0.39, 0.29) is 5.75 Å². The fourth-order valence-electron chi connectivity index (χ4n) is 4.64. The summed E-state index contributed by atoms with van der Waals surface area (Å²) in [6.07, 6.45) is 3.38. The summed E-state index contributed by atoms with van der Waals surface area (Å²) in [5.41, 5.74) is 17.0. The molecule has 0 bridgehead atoms. The maximum absolute atomic E-state index is 9.90. The lowest BCUT2D eigenvalue weighted by Gasteiger charge is -2.31. The molecule has 2 aliphatic rings. The van der Waals surface area contributed by atoms with Crippen LogP contribution in [0.4, 0.5) is 5.69 Å². The summed E-state index contributed by atoms with van der Waals surface area (Å²) in [5.74, 6) is 0.289. The predicted octanol–water partition coefficient (Wildman–Crippen LogP) is 4.38. The van der Waals surface area contributed by atoms with Gasteiger partial charge >= 0.3 is 0 Å². The molecular formula is C23H18N2O. The van der Waals surface area contributed by atoms with Crippen LogP contribution in [0.1, 0.15) is 27.8 Å². The molecule has 0 radical (unpaired) electrons. The number of nitrogens with zero attached hydrogens (tertiary/aromatic N) is 1. The van der Waals surface area contributed by atoms with E-state index >= 15 is 0 Å². The molecule has 0 saturated heterocycles. The lowest BCUT2D eigenvalue weighted by molar-refractivity contribution is 0.474. The second kappa shape index (κ2) is 5.37. The summed E-state index contributed by atoms with van der Waals surface area (Å²) in [5, 5.41) is 19.7. The molecule has 0 unspecified atom stereocenters. The second-order valence-corrected chi connectivity index (χ2v) is 7.11. The summed E-state index contributed by atoms with van der Waals surface area (Å²) < 4.78 is 0. The third-order valence-corrected chi connectivity index (χ3v) is 5.80. The van der Waals surface area contributed by atoms with Gasteiger partial charge in [-0.25, -0.2) is 0 Å². The van der Waals surface area contributed by atoms with Crippen LogP contribution in [0.15, 0.2) is 42.5 Å². The van der Waals surface area contributed by atoms with E-state index < -0.39 is 0 Å². The van der Waals surface area contributed by atoms with E-state index in [0.29, 0.717) is 11.3 Å². The van der Waals surface area contributed by atoms with Crippen molar-refractivity contribution in [3.63, 3.8) is 0 Å². The van der Waals surface area contributed by atoms with Gasteiger partial charge in [0, 0.05) is 0 Å². The van der Waals surface area contributed by atoms with Crippen molar-refractivity contribution in [1.82, 2.24) is 0 Å². The quantitative estimate of drug-likeness (QED) is 0.598. The molecule has 0 amide bonds. The van der Waals surface area contributed by atoms with Crippen LogP contribution in [0.5, 0.6) is 5.75 Å². The van der Waals surface area contributed by atoms with Crippen LogP contribution in [0.3, 0.4) is 0 Å². The molecule has 0 heterocycles. The number of nitrogens with two attached hydrogens (primary N) is 1. The third kappa shape index (κ3) is 1.93. The minimum absolute atomic E-state index is 0.289. The van der Waals surface area contributed by atoms with Gasteiger partial charge in [-0.15, -0.1) is 0 Å². The van der Waals surface area contributed by atoms with Gasteiger partial charge in [-0.05, 0) is 82.3 Å². The molecule has 0 spiro atoms. The summed E-state index contributed by atoms with van der Waals surface area (Å²) in [6, 6.07) is 16.4. The van der Waals surface area contributed by atoms with E-state index in [9.17, 15) is 10.4 Å². The lowest BCUT2D eigenvalue weighted by atomic mass is 9.73. The number of aromatic hydroxyl groups is 1. The van der Waals surface area contributed by atoms with Gasteiger partial charge in [0.25, 0.3) is 0 Å². The van der Waals surface area contributed by atoms with Crippen molar-refractivity contribution in [3.05, 3.63) is 70.3 Å². The van der Waals surface area contributed by atoms with Crippen LogP contribution in [0.2, 0.25) is 0 Å². The van der Waals surface area contributed by atoms with Crippen LogP contribution >= 0.6 is 0 Å². The number of phenols is 1. The van der Waals surface area contributed by atoms with Gasteiger partial charge in [0.1, 0.15) is 11.8 Å². The highest BCUT2D eigenvalue weighted by Gasteiger charge is 2.30. The molecule has 0 aromatic heterocycles. The molecule has 3 N–H and O–H groups in total. The molecule has 0 aliphatic heterocycles. The number of phenolic OH excluding ortho intramolecular Hbond substituents is 1. The number of hydrogen-bond donors (Lipinski definition) is 2. The van der Waals surface area contributed by atoms with Gasteiger partial charge in [0.15, 0.2) is 0 Å². The van der Waals surface area contributed by atoms with Gasteiger partial charge in [-0.3, -0.25) is 0 Å². The highest BCUT2D eigenvalue weighted by atomic mass is 16.3. The SMILES string of the molecule is N#Cc1c(N)c2c(c3c1CCc1cc(O)ccc1-3)-c1ccccc1CC2. The molecule has 126 valence electrons. The first kappa shape index (κ1) is 15.0. The Morgan fingerprint density at radius 2 is 1.54 bits per heavy atom. The van der Waals surface area contributed by atoms with Gasteiger partial charge in [-0.1, -0.05) is 30.3 Å². The maximum atomic E-state index is 9.90. The van der Waals surface area contributed by atoms with Crippen molar-refractivity contribution >= 4 is 5.69 Å². The van der Waals surface area contributed by atoms with E-state index in [0.717, 1.165) is 53.5 Å². The van der Waals surface area contributed by atoms with E-state index in [2.05, 4.69) is 30.3 Å². The first-order valence-electron chi connectivity index (χ1n) is 8.97. The Balaban J connectivity index is 1.95. The Hall–Kier alpha value is -3.25. The van der Waals surface area contributed by atoms with E-state index in [4.69, 9.17) is 5.73 Å². The van der Waals surface area contributed by atoms with Crippen molar-refractivity contribution < 1.29 is 5.11 Å². The van der Waals surface area contributed by atoms with Crippen molar-refractivity contribution in [1.29, 1.82) is 5.26 Å². The van der Waals surface area contributed by atoms with Gasteiger partial charge in [0.05, 0.1) is 11.3 Å². The van der Waals surface area contributed by atoms with Crippen molar-refractivity contribution in [3.8, 4) is 34.1 Å². The van der Waals surface area contributed by atoms with E-state index in [1.165, 1.54) is 16.7 Å². The monoisotopic (exact) mass is 338 g/mol. The average Bonchev–Trinajstić information content (AvgIpc) is 2.67. The van der Waals surface area contributed by atoms with Crippen LogP contribution < -0.4 is 5.73 Å². The molecule has 3 aromatic carbocycles. The zero-order chi connectivity index (χ0) is 17.8. The number of aryl methyl sites for hydroxylation is 2. The van der Waals surface area contributed by atoms with E-state index in [1.807, 2.05) is 12.1 Å². The number of anilines is 1. The second-order valence-electron chi connectivity index (χ2n) is 7.11. The van der Waals surface area contributed by atoms with Crippen LogP contribution in [0, 0.1) is 11.3 Å². The highest BCUT2D eigenvalue weighted by Crippen LogP contribution is 2.49. The number of benzene rings is 3. The van der Waals surface area contributed by atoms with Crippen molar-refractivity contribution in [2.75, 3.05) is 5.73 Å². The molecule has 0 atom stereocenters. The van der Waals surface area contributed by atoms with Gasteiger partial charge in [-0.2, -0.15) is 5.26 Å². The van der Waals surface area contributed by atoms with Crippen molar-refractivity contribution in [2.24, 2.45) is 0 Å². The molecule has 2 aliphatic carbocycles. The largest absolute Gasteiger partial charge is 0.508 e. The first-order chi connectivity index (χ1) is 12.7. The average molecular weight is 338 g/mol. The summed E-state index contributed by atoms with van der Waals surface area (Å²) in [4.78, 5) is 0. The summed E-state index contributed by atoms with van der Waals surface area (Å²) in [6.45, 7) is 0. The number of rotatable bonds is 0. The van der Waals surface area contributed by atoms with Gasteiger partial charge < -0.3 is 10.8 Å². The minimum atomic E-state index is 0.289. The number of fused-ring (bicyclic) bond motifs is 7. The molecule has 5 rings (SSSR count). The Labute approximate surface area is 152 Å². The van der Waals surface area contributed by atoms with Gasteiger partial charge in [0.2, 0.25) is 0 Å². The Kier molecular flexibility index (Phi) is 3.11. The number of hydrogen-bond acceptors (Lipinski definition) is 3. The summed E-state index contributed by atoms with van der Waals surface area (Å²) >= 11 is 0. The lowest BCUT2D eigenvalue weighted by Crippen LogP contribution is -2.16. The zero-order valence-electron chi connectivity index (χ0n) is 14.3. The van der Waals surface area contributed by atoms with Crippen LogP contribution in [-0.2, 0) is 25.7 Å². The maximum Gasteiger partial charge on any atom is 0.115 e. The Bertz CT molecular complexity index is 1120. The molecule has 3 nitrogen and oxygen atoms in total. The number of nitrogen functional groups attached to an aromatic ring is 1. The predicted molar refractivity (Wildman–Crippen MR) is 103 cm³/mol. The smallest absolute Gasteiger partial charge is 0.115 e. The Morgan fingerprint density at radius 1 is 0.846 bits per heavy atom. The third-order valence-electron chi connectivity index (χ3n) is 5.80. The standard InChI is InChI=1S/C23H18N2O/c24-12-20-18-8-6-14-11-15(26)7-10-17(14)21(18)22-16-4-2-1-3-13(16)5-9-19(22)23(20)25/h1-4,7,10-11,26H,5-6,8-9,25H2. The fourth-order valence-corrected chi connectivity index (χ4v) is 4.64. The highest BCUT2D eigenvalue weighted by molar-refractivity contribution is 5.97. The van der Waals surface area contributed by atoms with E-state index in [1.54, 1.807) is 6.07 Å². The zero-order valence-corrected chi connectivity index (χ0v) is 14.3. The normalized spacial score (nSPS) is 13.8. The molecular weight excluding hydrogens is 320 g/mol. The molecule has 0 saturated carbocycles. The number of nitriles is 1.